The van der Waals surface area contributed by atoms with Gasteiger partial charge in [-0.3, -0.25) is 0 Å². The van der Waals surface area contributed by atoms with Gasteiger partial charge in [-0.15, -0.1) is 0 Å². The van der Waals surface area contributed by atoms with E-state index in [0.717, 1.165) is 5.56 Å². The Bertz CT molecular complexity index is 410. The normalized spacial score (nSPS) is 13.3. The maximum atomic E-state index is 14.2. The van der Waals surface area contributed by atoms with E-state index in [-0.39, 0.29) is 12.5 Å². The van der Waals surface area contributed by atoms with Crippen LogP contribution in [0.3, 0.4) is 0 Å². The van der Waals surface area contributed by atoms with Crippen LogP contribution in [0.15, 0.2) is 12.1 Å². The van der Waals surface area contributed by atoms with Gasteiger partial charge in [0.05, 0.1) is 14.2 Å². The maximum Gasteiger partial charge on any atom is 0.134 e. The molecule has 0 saturated heterocycles. The number of hydrogen-bond acceptors (Lipinski definition) is 3. The van der Waals surface area contributed by atoms with Gasteiger partial charge in [0.25, 0.3) is 0 Å². The van der Waals surface area contributed by atoms with E-state index in [4.69, 9.17) is 9.47 Å². The van der Waals surface area contributed by atoms with Gasteiger partial charge in [0.1, 0.15) is 17.2 Å². The Morgan fingerprint density at radius 3 is 2.17 bits per heavy atom. The first kappa shape index (κ1) is 14.8. The van der Waals surface area contributed by atoms with Crippen molar-refractivity contribution in [2.45, 2.75) is 32.4 Å². The summed E-state index contributed by atoms with van der Waals surface area (Å²) in [5.41, 5.74) is -0.274. The highest BCUT2D eigenvalue weighted by atomic mass is 19.1. The third-order valence-corrected chi connectivity index (χ3v) is 3.00. The molecule has 3 nitrogen and oxygen atoms in total. The number of methoxy groups -OCH3 is 2. The number of aliphatic hydroxyl groups is 1. The van der Waals surface area contributed by atoms with Crippen molar-refractivity contribution < 1.29 is 19.0 Å². The van der Waals surface area contributed by atoms with Gasteiger partial charge in [-0.05, 0) is 25.5 Å². The second kappa shape index (κ2) is 5.57. The minimum absolute atomic E-state index is 0.0190. The summed E-state index contributed by atoms with van der Waals surface area (Å²) in [7, 11) is 3.04. The highest BCUT2D eigenvalue weighted by Gasteiger charge is 2.26. The molecular weight excluding hydrogens is 235 g/mol. The van der Waals surface area contributed by atoms with E-state index in [1.165, 1.54) is 21.0 Å². The summed E-state index contributed by atoms with van der Waals surface area (Å²) in [5, 5.41) is 9.25. The van der Waals surface area contributed by atoms with Crippen molar-refractivity contribution in [1.29, 1.82) is 0 Å². The fourth-order valence-corrected chi connectivity index (χ4v) is 1.87. The number of hydrogen-bond donors (Lipinski definition) is 1. The van der Waals surface area contributed by atoms with E-state index in [1.807, 2.05) is 6.92 Å². The molecule has 1 unspecified atom stereocenters. The molecule has 0 aliphatic heterocycles. The van der Waals surface area contributed by atoms with Crippen LogP contribution in [0.1, 0.15) is 37.8 Å². The zero-order chi connectivity index (χ0) is 13.9. The summed E-state index contributed by atoms with van der Waals surface area (Å²) in [6, 6.07) is 3.37. The van der Waals surface area contributed by atoms with Crippen LogP contribution in [0.4, 0.5) is 4.39 Å². The second-order valence-electron chi connectivity index (χ2n) is 4.85. The Labute approximate surface area is 108 Å². The molecule has 0 fully saturated rings. The highest BCUT2D eigenvalue weighted by Crippen LogP contribution is 2.39. The molecule has 102 valence electrons. The second-order valence-corrected chi connectivity index (χ2v) is 4.85. The van der Waals surface area contributed by atoms with E-state index in [0.29, 0.717) is 17.1 Å². The van der Waals surface area contributed by atoms with E-state index >= 15 is 0 Å². The summed E-state index contributed by atoms with van der Waals surface area (Å²) in [6.45, 7) is 4.80. The quantitative estimate of drug-likeness (QED) is 0.880. The standard InChI is InChI=1S/C14H21FO3/c1-9(8-16)10-6-11(14(2,3)15)13(18-5)7-12(10)17-4/h6-7,9,16H,8H2,1-5H3. The first-order valence-electron chi connectivity index (χ1n) is 5.91. The van der Waals surface area contributed by atoms with Crippen molar-refractivity contribution >= 4 is 0 Å². The molecule has 18 heavy (non-hydrogen) atoms. The first-order valence-corrected chi connectivity index (χ1v) is 5.91. The van der Waals surface area contributed by atoms with Gasteiger partial charge in [0.2, 0.25) is 0 Å². The first-order chi connectivity index (χ1) is 8.35. The Kier molecular flexibility index (Phi) is 4.57. The number of rotatable bonds is 5. The highest BCUT2D eigenvalue weighted by molar-refractivity contribution is 5.50. The molecule has 1 aromatic carbocycles. The SMILES string of the molecule is COc1cc(OC)c(C(C)(C)F)cc1C(C)CO. The molecule has 1 atom stereocenters. The van der Waals surface area contributed by atoms with E-state index < -0.39 is 5.67 Å². The molecule has 0 aliphatic carbocycles. The van der Waals surface area contributed by atoms with Gasteiger partial charge >= 0.3 is 0 Å². The Morgan fingerprint density at radius 2 is 1.78 bits per heavy atom. The maximum absolute atomic E-state index is 14.2. The molecule has 4 heteroatoms. The molecule has 0 saturated carbocycles. The third-order valence-electron chi connectivity index (χ3n) is 3.00. The fourth-order valence-electron chi connectivity index (χ4n) is 1.87. The molecule has 0 heterocycles. The molecule has 0 aliphatic rings. The Hall–Kier alpha value is -1.29. The summed E-state index contributed by atoms with van der Waals surface area (Å²) >= 11 is 0. The van der Waals surface area contributed by atoms with Crippen LogP contribution >= 0.6 is 0 Å². The van der Waals surface area contributed by atoms with E-state index in [1.54, 1.807) is 19.2 Å². The molecule has 1 aromatic rings. The van der Waals surface area contributed by atoms with E-state index in [2.05, 4.69) is 0 Å². The Balaban J connectivity index is 3.44. The lowest BCUT2D eigenvalue weighted by atomic mass is 9.92. The van der Waals surface area contributed by atoms with Crippen LogP contribution in [0, 0.1) is 0 Å². The fraction of sp³-hybridized carbons (Fsp3) is 0.571. The third kappa shape index (κ3) is 2.93. The van der Waals surface area contributed by atoms with Crippen LogP contribution in [0.5, 0.6) is 11.5 Å². The largest absolute Gasteiger partial charge is 0.496 e. The van der Waals surface area contributed by atoms with Gasteiger partial charge in [-0.25, -0.2) is 4.39 Å². The molecule has 0 spiro atoms. The molecule has 0 aromatic heterocycles. The molecule has 1 N–H and O–H groups in total. The molecule has 1 rings (SSSR count). The number of alkyl halides is 1. The lowest BCUT2D eigenvalue weighted by Crippen LogP contribution is -2.13. The molecule has 0 radical (unpaired) electrons. The lowest BCUT2D eigenvalue weighted by molar-refractivity contribution is 0.212. The molecule has 0 bridgehead atoms. The minimum Gasteiger partial charge on any atom is -0.496 e. The van der Waals surface area contributed by atoms with Crippen LogP contribution in [0.25, 0.3) is 0 Å². The van der Waals surface area contributed by atoms with Gasteiger partial charge in [-0.1, -0.05) is 6.92 Å². The monoisotopic (exact) mass is 256 g/mol. The predicted octanol–water partition coefficient (Wildman–Crippen LogP) is 3.00. The van der Waals surface area contributed by atoms with Crippen molar-refractivity contribution in [2.24, 2.45) is 0 Å². The number of ether oxygens (including phenoxy) is 2. The summed E-state index contributed by atoms with van der Waals surface area (Å²) in [6.07, 6.45) is 0. The average Bonchev–Trinajstić information content (AvgIpc) is 2.34. The Morgan fingerprint density at radius 1 is 1.22 bits per heavy atom. The van der Waals surface area contributed by atoms with Crippen molar-refractivity contribution in [2.75, 3.05) is 20.8 Å². The van der Waals surface area contributed by atoms with Gasteiger partial charge in [0, 0.05) is 24.2 Å². The summed E-state index contributed by atoms with van der Waals surface area (Å²) in [4.78, 5) is 0. The van der Waals surface area contributed by atoms with Crippen molar-refractivity contribution in [3.8, 4) is 11.5 Å². The van der Waals surface area contributed by atoms with E-state index in [9.17, 15) is 9.50 Å². The zero-order valence-electron chi connectivity index (χ0n) is 11.6. The van der Waals surface area contributed by atoms with Crippen LogP contribution in [0.2, 0.25) is 0 Å². The van der Waals surface area contributed by atoms with Gasteiger partial charge < -0.3 is 14.6 Å². The summed E-state index contributed by atoms with van der Waals surface area (Å²) in [5.74, 6) is 0.932. The lowest BCUT2D eigenvalue weighted by Gasteiger charge is -2.22. The van der Waals surface area contributed by atoms with Crippen molar-refractivity contribution in [1.82, 2.24) is 0 Å². The minimum atomic E-state index is -1.51. The van der Waals surface area contributed by atoms with Crippen molar-refractivity contribution in [3.05, 3.63) is 23.3 Å². The number of benzene rings is 1. The van der Waals surface area contributed by atoms with Gasteiger partial charge in [-0.2, -0.15) is 0 Å². The number of halogens is 1. The molecule has 0 amide bonds. The van der Waals surface area contributed by atoms with Crippen molar-refractivity contribution in [3.63, 3.8) is 0 Å². The predicted molar refractivity (Wildman–Crippen MR) is 69.2 cm³/mol. The summed E-state index contributed by atoms with van der Waals surface area (Å²) < 4.78 is 24.6. The smallest absolute Gasteiger partial charge is 0.134 e. The zero-order valence-corrected chi connectivity index (χ0v) is 11.6. The average molecular weight is 256 g/mol. The van der Waals surface area contributed by atoms with Crippen LogP contribution in [-0.4, -0.2) is 25.9 Å². The topological polar surface area (TPSA) is 38.7 Å². The number of aliphatic hydroxyl groups excluding tert-OH is 1. The van der Waals surface area contributed by atoms with Gasteiger partial charge in [0.15, 0.2) is 0 Å². The molecular formula is C14H21FO3. The van der Waals surface area contributed by atoms with Crippen LogP contribution in [-0.2, 0) is 5.67 Å². The van der Waals surface area contributed by atoms with Crippen LogP contribution < -0.4 is 9.47 Å².